The van der Waals surface area contributed by atoms with Gasteiger partial charge in [-0.25, -0.2) is 0 Å². The van der Waals surface area contributed by atoms with E-state index in [2.05, 4.69) is 27.3 Å². The van der Waals surface area contributed by atoms with Gasteiger partial charge in [0.1, 0.15) is 0 Å². The topological polar surface area (TPSA) is 69.6 Å². The monoisotopic (exact) mass is 349 g/mol. The molecule has 0 spiro atoms. The molecule has 0 bridgehead atoms. The van der Waals surface area contributed by atoms with Crippen molar-refractivity contribution < 1.29 is 4.52 Å². The van der Waals surface area contributed by atoms with Crippen LogP contribution < -0.4 is 0 Å². The average molecular weight is 350 g/mol. The first-order valence-corrected chi connectivity index (χ1v) is 8.63. The standard InChI is InChI=1S/C15H16ClN5OS/c1-3-5-13-17-12(20-22-13)9-23-15-19-18-14(21(15)2)10-6-4-7-11(16)8-10/h4,6-8H,3,5,9H2,1-2H3. The number of benzene rings is 1. The van der Waals surface area contributed by atoms with E-state index >= 15 is 0 Å². The molecule has 0 saturated carbocycles. The molecule has 1 aromatic carbocycles. The molecule has 3 aromatic rings. The number of aryl methyl sites for hydroxylation is 1. The smallest absolute Gasteiger partial charge is 0.226 e. The molecular weight excluding hydrogens is 334 g/mol. The molecule has 0 unspecified atom stereocenters. The van der Waals surface area contributed by atoms with Crippen molar-refractivity contribution in [3.05, 3.63) is 41.0 Å². The minimum absolute atomic E-state index is 0.592. The predicted molar refractivity (Wildman–Crippen MR) is 89.3 cm³/mol. The van der Waals surface area contributed by atoms with Crippen LogP contribution in [0.4, 0.5) is 0 Å². The van der Waals surface area contributed by atoms with Gasteiger partial charge in [-0.05, 0) is 18.6 Å². The van der Waals surface area contributed by atoms with Crippen LogP contribution in [0.1, 0.15) is 25.1 Å². The van der Waals surface area contributed by atoms with Crippen molar-refractivity contribution in [1.82, 2.24) is 24.9 Å². The Morgan fingerprint density at radius 3 is 2.96 bits per heavy atom. The summed E-state index contributed by atoms with van der Waals surface area (Å²) < 4.78 is 7.11. The van der Waals surface area contributed by atoms with Crippen LogP contribution in [0.2, 0.25) is 5.02 Å². The third kappa shape index (κ3) is 3.73. The van der Waals surface area contributed by atoms with Crippen LogP contribution in [0.3, 0.4) is 0 Å². The van der Waals surface area contributed by atoms with Gasteiger partial charge in [0.2, 0.25) is 5.89 Å². The summed E-state index contributed by atoms with van der Waals surface area (Å²) in [7, 11) is 1.93. The third-order valence-corrected chi connectivity index (χ3v) is 4.47. The first kappa shape index (κ1) is 16.0. The van der Waals surface area contributed by atoms with E-state index in [1.165, 1.54) is 11.8 Å². The summed E-state index contributed by atoms with van der Waals surface area (Å²) >= 11 is 7.56. The van der Waals surface area contributed by atoms with E-state index in [0.29, 0.717) is 22.5 Å². The third-order valence-electron chi connectivity index (χ3n) is 3.22. The molecular formula is C15H16ClN5OS. The van der Waals surface area contributed by atoms with Crippen molar-refractivity contribution in [2.45, 2.75) is 30.7 Å². The second-order valence-electron chi connectivity index (χ2n) is 5.02. The largest absolute Gasteiger partial charge is 0.339 e. The van der Waals surface area contributed by atoms with Crippen LogP contribution in [0.15, 0.2) is 33.9 Å². The fourth-order valence-electron chi connectivity index (χ4n) is 2.11. The Labute approximate surface area is 143 Å². The van der Waals surface area contributed by atoms with Crippen molar-refractivity contribution in [3.8, 4) is 11.4 Å². The van der Waals surface area contributed by atoms with E-state index in [1.807, 2.05) is 35.9 Å². The van der Waals surface area contributed by atoms with Crippen molar-refractivity contribution in [3.63, 3.8) is 0 Å². The molecule has 0 fully saturated rings. The number of nitrogens with zero attached hydrogens (tertiary/aromatic N) is 5. The fraction of sp³-hybridized carbons (Fsp3) is 0.333. The normalized spacial score (nSPS) is 11.1. The molecule has 120 valence electrons. The lowest BCUT2D eigenvalue weighted by Gasteiger charge is -2.03. The van der Waals surface area contributed by atoms with Gasteiger partial charge < -0.3 is 9.09 Å². The van der Waals surface area contributed by atoms with Gasteiger partial charge >= 0.3 is 0 Å². The summed E-state index contributed by atoms with van der Waals surface area (Å²) in [5.41, 5.74) is 0.934. The molecule has 0 aliphatic heterocycles. The van der Waals surface area contributed by atoms with E-state index in [9.17, 15) is 0 Å². The number of thioether (sulfide) groups is 1. The van der Waals surface area contributed by atoms with E-state index in [4.69, 9.17) is 16.1 Å². The molecule has 8 heteroatoms. The SMILES string of the molecule is CCCc1nc(CSc2nnc(-c3cccc(Cl)c3)n2C)no1. The van der Waals surface area contributed by atoms with Gasteiger partial charge in [0, 0.05) is 24.1 Å². The fourth-order valence-corrected chi connectivity index (χ4v) is 3.06. The molecule has 0 atom stereocenters. The molecule has 2 aromatic heterocycles. The summed E-state index contributed by atoms with van der Waals surface area (Å²) in [6.07, 6.45) is 1.79. The predicted octanol–water partition coefficient (Wildman–Crippen LogP) is 3.76. The molecule has 0 N–H and O–H groups in total. The number of halogens is 1. The highest BCUT2D eigenvalue weighted by Gasteiger charge is 2.13. The van der Waals surface area contributed by atoms with Crippen LogP contribution in [0, 0.1) is 0 Å². The highest BCUT2D eigenvalue weighted by molar-refractivity contribution is 7.98. The summed E-state index contributed by atoms with van der Waals surface area (Å²) in [6.45, 7) is 2.08. The first-order valence-electron chi connectivity index (χ1n) is 7.27. The molecule has 0 saturated heterocycles. The zero-order valence-corrected chi connectivity index (χ0v) is 14.4. The van der Waals surface area contributed by atoms with Crippen molar-refractivity contribution in [2.75, 3.05) is 0 Å². The molecule has 6 nitrogen and oxygen atoms in total. The molecule has 0 aliphatic rings. The number of rotatable bonds is 6. The molecule has 23 heavy (non-hydrogen) atoms. The van der Waals surface area contributed by atoms with Gasteiger partial charge in [-0.2, -0.15) is 4.98 Å². The van der Waals surface area contributed by atoms with Crippen LogP contribution in [0.25, 0.3) is 11.4 Å². The second kappa shape index (κ2) is 7.14. The van der Waals surface area contributed by atoms with Crippen LogP contribution in [-0.4, -0.2) is 24.9 Å². The van der Waals surface area contributed by atoms with Gasteiger partial charge in [-0.3, -0.25) is 0 Å². The molecule has 2 heterocycles. The average Bonchev–Trinajstić information content (AvgIpc) is 3.12. The lowest BCUT2D eigenvalue weighted by molar-refractivity contribution is 0.373. The van der Waals surface area contributed by atoms with E-state index in [0.717, 1.165) is 29.4 Å². The highest BCUT2D eigenvalue weighted by Crippen LogP contribution is 2.26. The van der Waals surface area contributed by atoms with Crippen LogP contribution >= 0.6 is 23.4 Å². The minimum atomic E-state index is 0.592. The number of hydrogen-bond acceptors (Lipinski definition) is 6. The Kier molecular flexibility index (Phi) is 4.97. The Balaban J connectivity index is 1.71. The Morgan fingerprint density at radius 1 is 1.30 bits per heavy atom. The van der Waals surface area contributed by atoms with Crippen molar-refractivity contribution >= 4 is 23.4 Å². The maximum Gasteiger partial charge on any atom is 0.226 e. The summed E-state index contributed by atoms with van der Waals surface area (Å²) in [4.78, 5) is 4.35. The maximum absolute atomic E-state index is 6.03. The van der Waals surface area contributed by atoms with Gasteiger partial charge in [-0.15, -0.1) is 10.2 Å². The lowest BCUT2D eigenvalue weighted by Crippen LogP contribution is -1.95. The minimum Gasteiger partial charge on any atom is -0.339 e. The van der Waals surface area contributed by atoms with Crippen molar-refractivity contribution in [2.24, 2.45) is 7.05 Å². The van der Waals surface area contributed by atoms with Gasteiger partial charge in [0.05, 0.1) is 5.75 Å². The summed E-state index contributed by atoms with van der Waals surface area (Å²) in [6, 6.07) is 7.56. The molecule has 3 rings (SSSR count). The van der Waals surface area contributed by atoms with E-state index < -0.39 is 0 Å². The molecule has 0 amide bonds. The zero-order valence-electron chi connectivity index (χ0n) is 12.9. The van der Waals surface area contributed by atoms with Crippen LogP contribution in [0.5, 0.6) is 0 Å². The Hall–Kier alpha value is -1.86. The van der Waals surface area contributed by atoms with E-state index in [-0.39, 0.29) is 0 Å². The Bertz CT molecular complexity index is 801. The first-order chi connectivity index (χ1) is 11.2. The zero-order chi connectivity index (χ0) is 16.2. The van der Waals surface area contributed by atoms with E-state index in [1.54, 1.807) is 0 Å². The maximum atomic E-state index is 6.03. The quantitative estimate of drug-likeness (QED) is 0.631. The molecule has 0 aliphatic carbocycles. The van der Waals surface area contributed by atoms with Crippen LogP contribution in [-0.2, 0) is 19.2 Å². The summed E-state index contributed by atoms with van der Waals surface area (Å²) in [5.74, 6) is 2.72. The van der Waals surface area contributed by atoms with Gasteiger partial charge in [0.25, 0.3) is 0 Å². The van der Waals surface area contributed by atoms with Gasteiger partial charge in [-0.1, -0.05) is 47.6 Å². The second-order valence-corrected chi connectivity index (χ2v) is 6.40. The summed E-state index contributed by atoms with van der Waals surface area (Å²) in [5, 5.41) is 13.9. The van der Waals surface area contributed by atoms with Crippen molar-refractivity contribution in [1.29, 1.82) is 0 Å². The van der Waals surface area contributed by atoms with Gasteiger partial charge in [0.15, 0.2) is 16.8 Å². The molecule has 0 radical (unpaired) electrons. The number of aromatic nitrogens is 5. The Morgan fingerprint density at radius 2 is 2.17 bits per heavy atom. The highest BCUT2D eigenvalue weighted by atomic mass is 35.5. The lowest BCUT2D eigenvalue weighted by atomic mass is 10.2. The number of hydrogen-bond donors (Lipinski definition) is 0.